The molecule has 0 spiro atoms. The van der Waals surface area contributed by atoms with E-state index in [4.69, 9.17) is 4.42 Å². The van der Waals surface area contributed by atoms with E-state index in [1.54, 1.807) is 0 Å². The van der Waals surface area contributed by atoms with Crippen molar-refractivity contribution in [2.45, 2.75) is 26.8 Å². The maximum atomic E-state index is 5.72. The standard InChI is InChI=1S/C15H19NO/c1-10-5-6-11(2)13(9-10)15(16-4)14-8-7-12(3)17-14/h5-9,15-16H,1-4H3. The van der Waals surface area contributed by atoms with Gasteiger partial charge in [-0.15, -0.1) is 0 Å². The fraction of sp³-hybridized carbons (Fsp3) is 0.333. The molecule has 2 rings (SSSR count). The SMILES string of the molecule is CNC(c1ccc(C)o1)c1cc(C)ccc1C. The lowest BCUT2D eigenvalue weighted by Gasteiger charge is -2.17. The minimum absolute atomic E-state index is 0.128. The Labute approximate surface area is 103 Å². The van der Waals surface area contributed by atoms with Crippen molar-refractivity contribution in [3.63, 3.8) is 0 Å². The second-order valence-electron chi connectivity index (χ2n) is 4.53. The zero-order chi connectivity index (χ0) is 12.4. The third-order valence-corrected chi connectivity index (χ3v) is 3.08. The minimum Gasteiger partial charge on any atom is -0.464 e. The summed E-state index contributed by atoms with van der Waals surface area (Å²) in [4.78, 5) is 0. The zero-order valence-electron chi connectivity index (χ0n) is 10.9. The van der Waals surface area contributed by atoms with Gasteiger partial charge in [0.15, 0.2) is 0 Å². The van der Waals surface area contributed by atoms with Crippen molar-refractivity contribution in [1.82, 2.24) is 5.32 Å². The molecule has 1 aromatic carbocycles. The molecule has 0 fully saturated rings. The van der Waals surface area contributed by atoms with Crippen LogP contribution < -0.4 is 5.32 Å². The highest BCUT2D eigenvalue weighted by atomic mass is 16.3. The van der Waals surface area contributed by atoms with Gasteiger partial charge in [-0.2, -0.15) is 0 Å². The molecule has 1 N–H and O–H groups in total. The number of hydrogen-bond donors (Lipinski definition) is 1. The molecule has 1 aromatic heterocycles. The summed E-state index contributed by atoms with van der Waals surface area (Å²) >= 11 is 0. The fourth-order valence-corrected chi connectivity index (χ4v) is 2.13. The Kier molecular flexibility index (Phi) is 3.34. The van der Waals surface area contributed by atoms with Gasteiger partial charge in [-0.1, -0.05) is 23.8 Å². The van der Waals surface area contributed by atoms with Crippen molar-refractivity contribution in [3.05, 3.63) is 58.5 Å². The highest BCUT2D eigenvalue weighted by molar-refractivity contribution is 5.36. The molecule has 2 nitrogen and oxygen atoms in total. The summed E-state index contributed by atoms with van der Waals surface area (Å²) < 4.78 is 5.72. The maximum absolute atomic E-state index is 5.72. The second kappa shape index (κ2) is 4.76. The first kappa shape index (κ1) is 11.9. The first-order valence-corrected chi connectivity index (χ1v) is 5.92. The Hall–Kier alpha value is -1.54. The first-order chi connectivity index (χ1) is 8.11. The van der Waals surface area contributed by atoms with Crippen molar-refractivity contribution in [3.8, 4) is 0 Å². The number of rotatable bonds is 3. The van der Waals surface area contributed by atoms with Gasteiger partial charge in [-0.25, -0.2) is 0 Å². The van der Waals surface area contributed by atoms with Gasteiger partial charge in [0.2, 0.25) is 0 Å². The Morgan fingerprint density at radius 1 is 1.06 bits per heavy atom. The van der Waals surface area contributed by atoms with E-state index < -0.39 is 0 Å². The van der Waals surface area contributed by atoms with E-state index in [1.165, 1.54) is 16.7 Å². The molecule has 2 heteroatoms. The van der Waals surface area contributed by atoms with E-state index in [-0.39, 0.29) is 6.04 Å². The quantitative estimate of drug-likeness (QED) is 0.871. The van der Waals surface area contributed by atoms with Gasteiger partial charge < -0.3 is 9.73 Å². The zero-order valence-corrected chi connectivity index (χ0v) is 10.9. The lowest BCUT2D eigenvalue weighted by Crippen LogP contribution is -2.18. The largest absolute Gasteiger partial charge is 0.464 e. The maximum Gasteiger partial charge on any atom is 0.125 e. The molecule has 0 radical (unpaired) electrons. The van der Waals surface area contributed by atoms with Crippen LogP contribution in [0.5, 0.6) is 0 Å². The van der Waals surface area contributed by atoms with Gasteiger partial charge in [0.25, 0.3) is 0 Å². The summed E-state index contributed by atoms with van der Waals surface area (Å²) in [7, 11) is 1.96. The molecule has 0 aliphatic carbocycles. The Balaban J connectivity index is 2.45. The topological polar surface area (TPSA) is 25.2 Å². The summed E-state index contributed by atoms with van der Waals surface area (Å²) in [5, 5.41) is 3.32. The summed E-state index contributed by atoms with van der Waals surface area (Å²) in [6.07, 6.45) is 0. The second-order valence-corrected chi connectivity index (χ2v) is 4.53. The van der Waals surface area contributed by atoms with Gasteiger partial charge in [0.05, 0.1) is 6.04 Å². The molecule has 90 valence electrons. The monoisotopic (exact) mass is 229 g/mol. The van der Waals surface area contributed by atoms with E-state index in [0.717, 1.165) is 11.5 Å². The Bertz CT molecular complexity index is 513. The Morgan fingerprint density at radius 3 is 2.41 bits per heavy atom. The van der Waals surface area contributed by atoms with Crippen molar-refractivity contribution < 1.29 is 4.42 Å². The van der Waals surface area contributed by atoms with Gasteiger partial charge in [-0.05, 0) is 51.1 Å². The number of hydrogen-bond acceptors (Lipinski definition) is 2. The van der Waals surface area contributed by atoms with E-state index in [9.17, 15) is 0 Å². The lowest BCUT2D eigenvalue weighted by molar-refractivity contribution is 0.443. The summed E-state index contributed by atoms with van der Waals surface area (Å²) in [5.74, 6) is 1.92. The fourth-order valence-electron chi connectivity index (χ4n) is 2.13. The van der Waals surface area contributed by atoms with Gasteiger partial charge in [-0.3, -0.25) is 0 Å². The average molecular weight is 229 g/mol. The molecule has 0 saturated carbocycles. The van der Waals surface area contributed by atoms with E-state index >= 15 is 0 Å². The van der Waals surface area contributed by atoms with Crippen LogP contribution in [0.2, 0.25) is 0 Å². The normalized spacial score (nSPS) is 12.7. The molecule has 0 aliphatic heterocycles. The molecular weight excluding hydrogens is 210 g/mol. The van der Waals surface area contributed by atoms with Crippen LogP contribution in [0, 0.1) is 20.8 Å². The third kappa shape index (κ3) is 2.42. The molecular formula is C15H19NO. The summed E-state index contributed by atoms with van der Waals surface area (Å²) in [6, 6.07) is 10.7. The molecule has 1 atom stereocenters. The van der Waals surface area contributed by atoms with E-state index in [1.807, 2.05) is 26.1 Å². The number of aryl methyl sites for hydroxylation is 3. The van der Waals surface area contributed by atoms with Gasteiger partial charge >= 0.3 is 0 Å². The molecule has 0 saturated heterocycles. The molecule has 17 heavy (non-hydrogen) atoms. The summed E-state index contributed by atoms with van der Waals surface area (Å²) in [5.41, 5.74) is 3.83. The predicted molar refractivity (Wildman–Crippen MR) is 70.3 cm³/mol. The number of benzene rings is 1. The lowest BCUT2D eigenvalue weighted by atomic mass is 9.97. The summed E-state index contributed by atoms with van der Waals surface area (Å²) in [6.45, 7) is 6.22. The molecule has 1 heterocycles. The van der Waals surface area contributed by atoms with Crippen molar-refractivity contribution >= 4 is 0 Å². The van der Waals surface area contributed by atoms with Crippen molar-refractivity contribution in [1.29, 1.82) is 0 Å². The van der Waals surface area contributed by atoms with Crippen LogP contribution in [0.1, 0.15) is 34.3 Å². The average Bonchev–Trinajstić information content (AvgIpc) is 2.71. The van der Waals surface area contributed by atoms with Crippen LogP contribution in [0.15, 0.2) is 34.7 Å². The molecule has 0 bridgehead atoms. The highest BCUT2D eigenvalue weighted by Gasteiger charge is 2.17. The van der Waals surface area contributed by atoms with Crippen LogP contribution in [0.3, 0.4) is 0 Å². The van der Waals surface area contributed by atoms with E-state index in [0.29, 0.717) is 0 Å². The van der Waals surface area contributed by atoms with Gasteiger partial charge in [0.1, 0.15) is 11.5 Å². The number of furan rings is 1. The van der Waals surface area contributed by atoms with Crippen LogP contribution in [0.4, 0.5) is 0 Å². The smallest absolute Gasteiger partial charge is 0.125 e. The Morgan fingerprint density at radius 2 is 1.82 bits per heavy atom. The molecule has 0 aliphatic rings. The predicted octanol–water partition coefficient (Wildman–Crippen LogP) is 3.51. The van der Waals surface area contributed by atoms with Gasteiger partial charge in [0, 0.05) is 0 Å². The molecule has 0 amide bonds. The third-order valence-electron chi connectivity index (χ3n) is 3.08. The molecule has 2 aromatic rings. The van der Waals surface area contributed by atoms with Crippen LogP contribution >= 0.6 is 0 Å². The molecule has 1 unspecified atom stereocenters. The van der Waals surface area contributed by atoms with E-state index in [2.05, 4.69) is 37.4 Å². The van der Waals surface area contributed by atoms with Crippen molar-refractivity contribution in [2.24, 2.45) is 0 Å². The van der Waals surface area contributed by atoms with Crippen LogP contribution in [0.25, 0.3) is 0 Å². The van der Waals surface area contributed by atoms with Crippen molar-refractivity contribution in [2.75, 3.05) is 7.05 Å². The first-order valence-electron chi connectivity index (χ1n) is 5.92. The van der Waals surface area contributed by atoms with Crippen LogP contribution in [-0.2, 0) is 0 Å². The number of nitrogens with one attached hydrogen (secondary N) is 1. The van der Waals surface area contributed by atoms with Crippen LogP contribution in [-0.4, -0.2) is 7.05 Å². The highest BCUT2D eigenvalue weighted by Crippen LogP contribution is 2.26. The minimum atomic E-state index is 0.128.